The lowest BCUT2D eigenvalue weighted by Gasteiger charge is -2.42. The molecule has 1 saturated heterocycles. The van der Waals surface area contributed by atoms with Crippen LogP contribution < -0.4 is 10.8 Å². The Kier molecular flexibility index (Phi) is 4.77. The largest absolute Gasteiger partial charge is 0.367 e. The molecule has 7 heteroatoms. The van der Waals surface area contributed by atoms with Gasteiger partial charge in [-0.2, -0.15) is 9.61 Å². The van der Waals surface area contributed by atoms with Crippen LogP contribution in [0.3, 0.4) is 0 Å². The monoisotopic (exact) mass is 391 g/mol. The molecule has 0 unspecified atom stereocenters. The Hall–Kier alpha value is -2.05. The fourth-order valence-corrected chi connectivity index (χ4v) is 4.49. The van der Waals surface area contributed by atoms with Crippen molar-refractivity contribution in [2.75, 3.05) is 18.4 Å². The maximum atomic E-state index is 6.41. The van der Waals surface area contributed by atoms with Crippen molar-refractivity contribution in [1.82, 2.24) is 19.5 Å². The molecule has 1 aromatic carbocycles. The van der Waals surface area contributed by atoms with Gasteiger partial charge >= 0.3 is 0 Å². The van der Waals surface area contributed by atoms with Crippen LogP contribution in [0, 0.1) is 0 Å². The number of nitrogens with zero attached hydrogens (tertiary/aromatic N) is 4. The van der Waals surface area contributed by atoms with Gasteiger partial charge in [0.05, 0.1) is 5.69 Å². The summed E-state index contributed by atoms with van der Waals surface area (Å²) in [6.45, 7) is 2.32. The van der Waals surface area contributed by atoms with Crippen molar-refractivity contribution in [3.63, 3.8) is 0 Å². The minimum atomic E-state index is 0.423. The molecule has 2 aliphatic rings. The topological polar surface area (TPSA) is 45.5 Å². The number of hydrogen-bond donors (Lipinski definition) is 1. The zero-order chi connectivity index (χ0) is 19.1. The van der Waals surface area contributed by atoms with Gasteiger partial charge in [-0.05, 0) is 37.2 Å². The van der Waals surface area contributed by atoms with Crippen LogP contribution in [-0.2, 0) is 0 Å². The molecule has 0 amide bonds. The molecular weight excluding hydrogens is 369 g/mol. The molecule has 1 N–H and O–H groups in total. The number of halogens is 1. The number of hydrogen-bond acceptors (Lipinski definition) is 4. The van der Waals surface area contributed by atoms with E-state index >= 15 is 0 Å². The molecule has 1 saturated carbocycles. The summed E-state index contributed by atoms with van der Waals surface area (Å²) >= 11 is 6.41. The number of fused-ring (bicyclic) bond motifs is 1. The van der Waals surface area contributed by atoms with Crippen LogP contribution in [0.4, 0.5) is 5.82 Å². The van der Waals surface area contributed by atoms with Crippen molar-refractivity contribution in [2.24, 2.45) is 0 Å². The van der Waals surface area contributed by atoms with Crippen molar-refractivity contribution in [2.45, 2.75) is 44.2 Å². The highest BCUT2D eigenvalue weighted by molar-refractivity contribution is 6.36. The van der Waals surface area contributed by atoms with Crippen LogP contribution in [-0.4, -0.2) is 52.5 Å². The average Bonchev–Trinajstić information content (AvgIpc) is 3.04. The Morgan fingerprint density at radius 1 is 1.11 bits per heavy atom. The SMILES string of the molecule is [B]c1cnn2c(NC3CCN(C4CCC4)CC3)cc(-c3ccccc3Cl)nc12. The van der Waals surface area contributed by atoms with Crippen molar-refractivity contribution in [3.8, 4) is 11.3 Å². The first kappa shape index (κ1) is 18.0. The first-order chi connectivity index (χ1) is 13.7. The Labute approximate surface area is 171 Å². The average molecular weight is 392 g/mol. The standard InChI is InChI=1S/C21H23BClN5/c22-17-13-24-28-20(25-14-8-10-27(11-9-14)15-4-3-5-15)12-19(26-21(17)28)16-6-1-2-7-18(16)23/h1-2,6-7,12-15,25H,3-5,8-11H2. The molecule has 5 rings (SSSR count). The van der Waals surface area contributed by atoms with Gasteiger partial charge in [-0.15, -0.1) is 0 Å². The number of piperidine rings is 1. The normalized spacial score (nSPS) is 19.0. The number of likely N-dealkylation sites (tertiary alicyclic amines) is 1. The van der Waals surface area contributed by atoms with Gasteiger partial charge in [-0.1, -0.05) is 36.2 Å². The number of aromatic nitrogens is 3. The summed E-state index contributed by atoms with van der Waals surface area (Å²) in [5.41, 5.74) is 2.93. The molecule has 2 aromatic heterocycles. The van der Waals surface area contributed by atoms with Gasteiger partial charge in [0, 0.05) is 48.0 Å². The van der Waals surface area contributed by atoms with Crippen molar-refractivity contribution >= 4 is 36.4 Å². The maximum Gasteiger partial charge on any atom is 0.150 e. The van der Waals surface area contributed by atoms with E-state index in [9.17, 15) is 0 Å². The fourth-order valence-electron chi connectivity index (χ4n) is 4.26. The summed E-state index contributed by atoms with van der Waals surface area (Å²) in [6.07, 6.45) is 8.07. The quantitative estimate of drug-likeness (QED) is 0.693. The first-order valence-electron chi connectivity index (χ1n) is 10.1. The summed E-state index contributed by atoms with van der Waals surface area (Å²) in [5.74, 6) is 0.915. The fraction of sp³-hybridized carbons (Fsp3) is 0.429. The first-order valence-corrected chi connectivity index (χ1v) is 10.5. The van der Waals surface area contributed by atoms with E-state index < -0.39 is 0 Å². The summed E-state index contributed by atoms with van der Waals surface area (Å²) in [5, 5.41) is 8.81. The van der Waals surface area contributed by atoms with Crippen molar-refractivity contribution in [1.29, 1.82) is 0 Å². The third kappa shape index (κ3) is 3.29. The predicted octanol–water partition coefficient (Wildman–Crippen LogP) is 3.27. The van der Waals surface area contributed by atoms with E-state index in [2.05, 4.69) is 15.3 Å². The van der Waals surface area contributed by atoms with Gasteiger partial charge in [0.25, 0.3) is 0 Å². The second-order valence-corrected chi connectivity index (χ2v) is 8.29. The number of nitrogens with one attached hydrogen (secondary N) is 1. The van der Waals surface area contributed by atoms with Gasteiger partial charge in [0.15, 0.2) is 5.65 Å². The Morgan fingerprint density at radius 2 is 1.89 bits per heavy atom. The van der Waals surface area contributed by atoms with Crippen LogP contribution >= 0.6 is 11.6 Å². The van der Waals surface area contributed by atoms with Crippen LogP contribution in [0.5, 0.6) is 0 Å². The van der Waals surface area contributed by atoms with Crippen molar-refractivity contribution < 1.29 is 0 Å². The number of benzene rings is 1. The zero-order valence-corrected chi connectivity index (χ0v) is 16.6. The van der Waals surface area contributed by atoms with Crippen LogP contribution in [0.15, 0.2) is 36.5 Å². The van der Waals surface area contributed by atoms with Crippen LogP contribution in [0.2, 0.25) is 5.02 Å². The third-order valence-corrected chi connectivity index (χ3v) is 6.45. The Balaban J connectivity index is 1.43. The molecular formula is C21H23BClN5. The van der Waals surface area contributed by atoms with Gasteiger partial charge in [-0.25, -0.2) is 4.98 Å². The summed E-state index contributed by atoms with van der Waals surface area (Å²) in [6, 6.07) is 11.0. The molecule has 0 bridgehead atoms. The summed E-state index contributed by atoms with van der Waals surface area (Å²) < 4.78 is 1.80. The van der Waals surface area contributed by atoms with Gasteiger partial charge in [0.2, 0.25) is 0 Å². The molecule has 28 heavy (non-hydrogen) atoms. The van der Waals surface area contributed by atoms with E-state index in [1.807, 2.05) is 30.3 Å². The molecule has 0 spiro atoms. The molecule has 2 fully saturated rings. The van der Waals surface area contributed by atoms with Gasteiger partial charge < -0.3 is 10.2 Å². The Bertz CT molecular complexity index is 992. The molecule has 142 valence electrons. The van der Waals surface area contributed by atoms with E-state index in [4.69, 9.17) is 24.4 Å². The highest BCUT2D eigenvalue weighted by Crippen LogP contribution is 2.30. The summed E-state index contributed by atoms with van der Waals surface area (Å²) in [4.78, 5) is 7.37. The van der Waals surface area contributed by atoms with Crippen LogP contribution in [0.25, 0.3) is 16.9 Å². The van der Waals surface area contributed by atoms with Gasteiger partial charge in [0.1, 0.15) is 13.7 Å². The molecule has 5 nitrogen and oxygen atoms in total. The van der Waals surface area contributed by atoms with Gasteiger partial charge in [-0.3, -0.25) is 0 Å². The minimum absolute atomic E-state index is 0.423. The van der Waals surface area contributed by atoms with Crippen molar-refractivity contribution in [3.05, 3.63) is 41.6 Å². The second-order valence-electron chi connectivity index (χ2n) is 7.88. The highest BCUT2D eigenvalue weighted by Gasteiger charge is 2.29. The number of rotatable bonds is 4. The molecule has 3 heterocycles. The smallest absolute Gasteiger partial charge is 0.150 e. The van der Waals surface area contributed by atoms with E-state index in [-0.39, 0.29) is 0 Å². The van der Waals surface area contributed by atoms with E-state index in [1.54, 1.807) is 10.7 Å². The molecule has 1 aliphatic carbocycles. The lowest BCUT2D eigenvalue weighted by atomic mass is 9.89. The van der Waals surface area contributed by atoms with E-state index in [1.165, 1.54) is 19.3 Å². The predicted molar refractivity (Wildman–Crippen MR) is 115 cm³/mol. The second kappa shape index (κ2) is 7.41. The van der Waals surface area contributed by atoms with Crippen LogP contribution in [0.1, 0.15) is 32.1 Å². The lowest BCUT2D eigenvalue weighted by molar-refractivity contribution is 0.101. The third-order valence-electron chi connectivity index (χ3n) is 6.12. The maximum absolute atomic E-state index is 6.41. The minimum Gasteiger partial charge on any atom is -0.367 e. The molecule has 0 atom stereocenters. The molecule has 2 radical (unpaired) electrons. The molecule has 3 aromatic rings. The zero-order valence-electron chi connectivity index (χ0n) is 15.8. The number of anilines is 1. The van der Waals surface area contributed by atoms with E-state index in [0.717, 1.165) is 49.0 Å². The van der Waals surface area contributed by atoms with E-state index in [0.29, 0.717) is 22.2 Å². The summed E-state index contributed by atoms with van der Waals surface area (Å²) in [7, 11) is 6.12. The highest BCUT2D eigenvalue weighted by atomic mass is 35.5. The Morgan fingerprint density at radius 3 is 2.61 bits per heavy atom. The molecule has 1 aliphatic heterocycles. The lowest BCUT2D eigenvalue weighted by Crippen LogP contribution is -2.47.